The molecular weight excluding hydrogens is 442 g/mol. The topological polar surface area (TPSA) is 44.8 Å². The van der Waals surface area contributed by atoms with Gasteiger partial charge in [0.25, 0.3) is 5.91 Å². The molecule has 3 aromatic carbocycles. The van der Waals surface area contributed by atoms with E-state index in [-0.39, 0.29) is 5.91 Å². The fourth-order valence-corrected chi connectivity index (χ4v) is 4.94. The Balaban J connectivity index is 1.38. The lowest BCUT2D eigenvalue weighted by Crippen LogP contribution is -2.49. The maximum Gasteiger partial charge on any atom is 0.254 e. The lowest BCUT2D eigenvalue weighted by molar-refractivity contribution is 0.0745. The molecule has 1 amide bonds. The fourth-order valence-electron chi connectivity index (χ4n) is 4.25. The summed E-state index contributed by atoms with van der Waals surface area (Å²) in [6, 6.07) is 22.7. The van der Waals surface area contributed by atoms with Crippen molar-refractivity contribution in [3.8, 4) is 5.75 Å². The van der Waals surface area contributed by atoms with E-state index >= 15 is 0 Å². The molecule has 0 aromatic heterocycles. The molecule has 0 radical (unpaired) electrons. The first kappa shape index (κ1) is 24.0. The second-order valence-corrected chi connectivity index (χ2v) is 9.46. The Morgan fingerprint density at radius 3 is 2.44 bits per heavy atom. The average molecular weight is 476 g/mol. The molecule has 0 spiro atoms. The number of methoxy groups -OCH3 is 1. The summed E-state index contributed by atoms with van der Waals surface area (Å²) in [6.07, 6.45) is 2.25. The lowest BCUT2D eigenvalue weighted by Gasteiger charge is -2.36. The summed E-state index contributed by atoms with van der Waals surface area (Å²) < 4.78 is 8.92. The lowest BCUT2D eigenvalue weighted by atomic mass is 10.1. The van der Waals surface area contributed by atoms with Crippen LogP contribution >= 0.6 is 11.9 Å². The van der Waals surface area contributed by atoms with Gasteiger partial charge in [-0.3, -0.25) is 4.79 Å². The van der Waals surface area contributed by atoms with E-state index in [2.05, 4.69) is 52.9 Å². The number of hydrogen-bond donors (Lipinski definition) is 1. The monoisotopic (exact) mass is 475 g/mol. The van der Waals surface area contributed by atoms with Crippen LogP contribution in [0.15, 0.2) is 71.6 Å². The van der Waals surface area contributed by atoms with Gasteiger partial charge in [-0.2, -0.15) is 0 Å². The van der Waals surface area contributed by atoms with Crippen LogP contribution in [0.5, 0.6) is 5.75 Å². The number of anilines is 2. The zero-order valence-corrected chi connectivity index (χ0v) is 21.0. The molecule has 0 bridgehead atoms. The molecule has 0 atom stereocenters. The standard InChI is InChI=1S/C28H33N3O2S/c1-4-7-22-11-13-23(14-12-22)29-34-24-15-10-21(2)25(20-24)28(32)31-18-16-30(17-19-31)26-8-5-6-9-27(26)33-3/h5-6,8-15,20,29H,4,7,16-19H2,1-3H3. The number of nitrogens with zero attached hydrogens (tertiary/aromatic N) is 2. The van der Waals surface area contributed by atoms with Crippen LogP contribution in [-0.4, -0.2) is 44.1 Å². The van der Waals surface area contributed by atoms with Gasteiger partial charge in [-0.25, -0.2) is 0 Å². The van der Waals surface area contributed by atoms with Gasteiger partial charge in [0.1, 0.15) is 5.75 Å². The number of piperazine rings is 1. The van der Waals surface area contributed by atoms with Crippen molar-refractivity contribution in [2.24, 2.45) is 0 Å². The summed E-state index contributed by atoms with van der Waals surface area (Å²) in [5.41, 5.74) is 5.28. The molecule has 34 heavy (non-hydrogen) atoms. The Morgan fingerprint density at radius 2 is 1.74 bits per heavy atom. The molecule has 1 saturated heterocycles. The smallest absolute Gasteiger partial charge is 0.254 e. The van der Waals surface area contributed by atoms with Crippen molar-refractivity contribution >= 4 is 29.2 Å². The molecule has 1 aliphatic heterocycles. The maximum atomic E-state index is 13.4. The second kappa shape index (κ2) is 11.3. The van der Waals surface area contributed by atoms with Crippen LogP contribution in [-0.2, 0) is 6.42 Å². The summed E-state index contributed by atoms with van der Waals surface area (Å²) in [7, 11) is 1.70. The van der Waals surface area contributed by atoms with Crippen LogP contribution in [0.2, 0.25) is 0 Å². The van der Waals surface area contributed by atoms with Gasteiger partial charge in [-0.05, 0) is 72.8 Å². The molecule has 5 nitrogen and oxygen atoms in total. The summed E-state index contributed by atoms with van der Waals surface area (Å²) in [5, 5.41) is 0. The van der Waals surface area contributed by atoms with Gasteiger partial charge in [-0.15, -0.1) is 0 Å². The number of benzene rings is 3. The molecule has 3 aromatic rings. The zero-order chi connectivity index (χ0) is 23.9. The summed E-state index contributed by atoms with van der Waals surface area (Å²) in [6.45, 7) is 7.15. The predicted octanol–water partition coefficient (Wildman–Crippen LogP) is 6.04. The predicted molar refractivity (Wildman–Crippen MR) is 142 cm³/mol. The van der Waals surface area contributed by atoms with Crippen molar-refractivity contribution in [1.82, 2.24) is 4.90 Å². The number of carbonyl (C=O) groups excluding carboxylic acids is 1. The Bertz CT molecular complexity index is 1110. The van der Waals surface area contributed by atoms with E-state index in [4.69, 9.17) is 4.74 Å². The molecule has 4 rings (SSSR count). The number of ether oxygens (including phenoxy) is 1. The van der Waals surface area contributed by atoms with Gasteiger partial charge in [0.2, 0.25) is 0 Å². The van der Waals surface area contributed by atoms with E-state index < -0.39 is 0 Å². The van der Waals surface area contributed by atoms with E-state index in [1.54, 1.807) is 7.11 Å². The molecule has 0 aliphatic carbocycles. The zero-order valence-electron chi connectivity index (χ0n) is 20.2. The Labute approximate surface area is 207 Å². The number of para-hydroxylation sites is 2. The number of rotatable bonds is 8. The van der Waals surface area contributed by atoms with E-state index in [1.807, 2.05) is 42.2 Å². The number of hydrogen-bond acceptors (Lipinski definition) is 5. The van der Waals surface area contributed by atoms with Gasteiger partial charge in [-0.1, -0.05) is 43.7 Å². The van der Waals surface area contributed by atoms with Crippen molar-refractivity contribution in [3.05, 3.63) is 83.4 Å². The number of carbonyl (C=O) groups is 1. The molecule has 178 valence electrons. The third-order valence-electron chi connectivity index (χ3n) is 6.21. The molecule has 1 fully saturated rings. The minimum absolute atomic E-state index is 0.101. The first-order chi connectivity index (χ1) is 16.6. The van der Waals surface area contributed by atoms with Crippen LogP contribution in [0, 0.1) is 6.92 Å². The van der Waals surface area contributed by atoms with Crippen molar-refractivity contribution < 1.29 is 9.53 Å². The molecule has 0 unspecified atom stereocenters. The summed E-state index contributed by atoms with van der Waals surface area (Å²) >= 11 is 1.54. The molecule has 1 aliphatic rings. The first-order valence-electron chi connectivity index (χ1n) is 11.9. The molecule has 1 N–H and O–H groups in total. The number of nitrogens with one attached hydrogen (secondary N) is 1. The van der Waals surface area contributed by atoms with Gasteiger partial charge >= 0.3 is 0 Å². The molecule has 1 heterocycles. The highest BCUT2D eigenvalue weighted by atomic mass is 32.2. The Hall–Kier alpha value is -3.12. The SMILES string of the molecule is CCCc1ccc(NSc2ccc(C)c(C(=O)N3CCN(c4ccccc4OC)CC3)c2)cc1. The third kappa shape index (κ3) is 5.68. The van der Waals surface area contributed by atoms with Crippen LogP contribution in [0.1, 0.15) is 34.8 Å². The normalized spacial score (nSPS) is 13.6. The van der Waals surface area contributed by atoms with Gasteiger partial charge in [0.15, 0.2) is 0 Å². The highest BCUT2D eigenvalue weighted by Gasteiger charge is 2.24. The Morgan fingerprint density at radius 1 is 1.00 bits per heavy atom. The van der Waals surface area contributed by atoms with Gasteiger partial charge < -0.3 is 19.3 Å². The van der Waals surface area contributed by atoms with Gasteiger partial charge in [0.05, 0.1) is 12.8 Å². The highest BCUT2D eigenvalue weighted by molar-refractivity contribution is 8.00. The molecule has 0 saturated carbocycles. The number of amides is 1. The quantitative estimate of drug-likeness (QED) is 0.403. The van der Waals surface area contributed by atoms with Crippen LogP contribution in [0.4, 0.5) is 11.4 Å². The number of aryl methyl sites for hydroxylation is 2. The van der Waals surface area contributed by atoms with Crippen molar-refractivity contribution in [2.75, 3.05) is 42.9 Å². The van der Waals surface area contributed by atoms with Crippen LogP contribution < -0.4 is 14.4 Å². The molecule has 6 heteroatoms. The summed E-state index contributed by atoms with van der Waals surface area (Å²) in [5.74, 6) is 0.971. The largest absolute Gasteiger partial charge is 0.495 e. The minimum atomic E-state index is 0.101. The van der Waals surface area contributed by atoms with Gasteiger partial charge in [0, 0.05) is 42.3 Å². The first-order valence-corrected chi connectivity index (χ1v) is 12.7. The van der Waals surface area contributed by atoms with Crippen molar-refractivity contribution in [1.29, 1.82) is 0 Å². The van der Waals surface area contributed by atoms with E-state index in [9.17, 15) is 4.79 Å². The average Bonchev–Trinajstić information content (AvgIpc) is 2.89. The maximum absolute atomic E-state index is 13.4. The van der Waals surface area contributed by atoms with E-state index in [1.165, 1.54) is 17.5 Å². The fraction of sp³-hybridized carbons (Fsp3) is 0.321. The summed E-state index contributed by atoms with van der Waals surface area (Å²) in [4.78, 5) is 18.6. The van der Waals surface area contributed by atoms with Crippen LogP contribution in [0.25, 0.3) is 0 Å². The van der Waals surface area contributed by atoms with E-state index in [0.717, 1.165) is 59.1 Å². The van der Waals surface area contributed by atoms with Crippen LogP contribution in [0.3, 0.4) is 0 Å². The highest BCUT2D eigenvalue weighted by Crippen LogP contribution is 2.29. The van der Waals surface area contributed by atoms with Crippen molar-refractivity contribution in [2.45, 2.75) is 31.6 Å². The molecular formula is C28H33N3O2S. The second-order valence-electron chi connectivity index (χ2n) is 8.58. The van der Waals surface area contributed by atoms with Crippen molar-refractivity contribution in [3.63, 3.8) is 0 Å². The minimum Gasteiger partial charge on any atom is -0.495 e. The third-order valence-corrected chi connectivity index (χ3v) is 7.04. The Kier molecular flexibility index (Phi) is 8.01. The van der Waals surface area contributed by atoms with E-state index in [0.29, 0.717) is 13.1 Å².